The zero-order valence-corrected chi connectivity index (χ0v) is 11.4. The predicted octanol–water partition coefficient (Wildman–Crippen LogP) is 2.35. The van der Waals surface area contributed by atoms with Crippen LogP contribution in [0.4, 0.5) is 0 Å². The topological polar surface area (TPSA) is 15.3 Å². The fourth-order valence-electron chi connectivity index (χ4n) is 2.62. The van der Waals surface area contributed by atoms with Crippen LogP contribution in [0.1, 0.15) is 38.5 Å². The summed E-state index contributed by atoms with van der Waals surface area (Å²) in [6, 6.07) is 1.73. The number of thioether (sulfide) groups is 1. The van der Waals surface area contributed by atoms with Crippen LogP contribution in [0.25, 0.3) is 0 Å². The number of hydrogen-bond acceptors (Lipinski definition) is 3. The summed E-state index contributed by atoms with van der Waals surface area (Å²) in [6.45, 7) is 3.89. The summed E-state index contributed by atoms with van der Waals surface area (Å²) in [6.07, 6.45) is 10.7. The summed E-state index contributed by atoms with van der Waals surface area (Å²) in [5, 5.41) is 3.63. The Kier molecular flexibility index (Phi) is 5.46. The predicted molar refractivity (Wildman–Crippen MR) is 73.2 cm³/mol. The highest BCUT2D eigenvalue weighted by molar-refractivity contribution is 7.98. The molecule has 1 saturated heterocycles. The third kappa shape index (κ3) is 4.27. The fraction of sp³-hybridized carbons (Fsp3) is 1.00. The number of nitrogens with one attached hydrogen (secondary N) is 1. The lowest BCUT2D eigenvalue weighted by Gasteiger charge is -2.25. The van der Waals surface area contributed by atoms with E-state index in [1.807, 2.05) is 11.8 Å². The number of unbranched alkanes of at least 4 members (excludes halogenated alkanes) is 1. The van der Waals surface area contributed by atoms with Crippen molar-refractivity contribution in [3.63, 3.8) is 0 Å². The van der Waals surface area contributed by atoms with Gasteiger partial charge in [-0.2, -0.15) is 11.8 Å². The van der Waals surface area contributed by atoms with Crippen LogP contribution in [-0.4, -0.2) is 48.6 Å². The standard InChI is InChI=1S/C13H26N2S/c1-16-10-3-2-9-15(13-6-7-13)11-12-5-4-8-14-12/h12-14H,2-11H2,1H3. The Morgan fingerprint density at radius 1 is 1.25 bits per heavy atom. The van der Waals surface area contributed by atoms with E-state index in [1.165, 1.54) is 63.9 Å². The zero-order valence-electron chi connectivity index (χ0n) is 10.6. The first-order valence-corrected chi connectivity index (χ1v) is 8.26. The van der Waals surface area contributed by atoms with E-state index in [9.17, 15) is 0 Å². The molecule has 0 spiro atoms. The molecule has 1 N–H and O–H groups in total. The van der Waals surface area contributed by atoms with Crippen molar-refractivity contribution in [1.29, 1.82) is 0 Å². The summed E-state index contributed by atoms with van der Waals surface area (Å²) >= 11 is 1.98. The molecule has 3 heteroatoms. The average Bonchev–Trinajstić information content (AvgIpc) is 3.02. The van der Waals surface area contributed by atoms with Crippen molar-refractivity contribution in [3.05, 3.63) is 0 Å². The third-order valence-electron chi connectivity index (χ3n) is 3.72. The summed E-state index contributed by atoms with van der Waals surface area (Å²) in [4.78, 5) is 2.75. The Morgan fingerprint density at radius 3 is 2.75 bits per heavy atom. The Labute approximate surface area is 105 Å². The minimum atomic E-state index is 0.793. The van der Waals surface area contributed by atoms with Crippen LogP contribution in [0.2, 0.25) is 0 Å². The molecule has 0 aromatic heterocycles. The zero-order chi connectivity index (χ0) is 11.2. The molecule has 16 heavy (non-hydrogen) atoms. The molecule has 2 aliphatic rings. The molecule has 1 aliphatic heterocycles. The van der Waals surface area contributed by atoms with Crippen molar-refractivity contribution in [3.8, 4) is 0 Å². The van der Waals surface area contributed by atoms with Crippen molar-refractivity contribution >= 4 is 11.8 Å². The molecule has 0 aromatic rings. The van der Waals surface area contributed by atoms with Crippen LogP contribution in [-0.2, 0) is 0 Å². The first kappa shape index (κ1) is 12.7. The smallest absolute Gasteiger partial charge is 0.0195 e. The van der Waals surface area contributed by atoms with Crippen LogP contribution in [0.15, 0.2) is 0 Å². The third-order valence-corrected chi connectivity index (χ3v) is 4.42. The molecule has 0 aromatic carbocycles. The molecule has 0 radical (unpaired) electrons. The molecule has 0 amide bonds. The first-order valence-electron chi connectivity index (χ1n) is 6.86. The highest BCUT2D eigenvalue weighted by Crippen LogP contribution is 2.28. The minimum Gasteiger partial charge on any atom is -0.313 e. The molecule has 94 valence electrons. The molecule has 2 rings (SSSR count). The van der Waals surface area contributed by atoms with Crippen molar-refractivity contribution in [1.82, 2.24) is 10.2 Å². The maximum Gasteiger partial charge on any atom is 0.0195 e. The maximum absolute atomic E-state index is 3.63. The van der Waals surface area contributed by atoms with Gasteiger partial charge in [-0.05, 0) is 63.6 Å². The van der Waals surface area contributed by atoms with Crippen LogP contribution < -0.4 is 5.32 Å². The highest BCUT2D eigenvalue weighted by Gasteiger charge is 2.30. The second-order valence-corrected chi connectivity index (χ2v) is 6.20. The van der Waals surface area contributed by atoms with E-state index in [-0.39, 0.29) is 0 Å². The Bertz CT molecular complexity index is 188. The Hall–Kier alpha value is 0.270. The SMILES string of the molecule is CSCCCCN(CC1CCCN1)C1CC1. The quantitative estimate of drug-likeness (QED) is 0.658. The van der Waals surface area contributed by atoms with Crippen molar-refractivity contribution in [2.45, 2.75) is 50.6 Å². The van der Waals surface area contributed by atoms with E-state index < -0.39 is 0 Å². The van der Waals surface area contributed by atoms with E-state index in [4.69, 9.17) is 0 Å². The summed E-state index contributed by atoms with van der Waals surface area (Å²) in [5.41, 5.74) is 0. The van der Waals surface area contributed by atoms with Crippen molar-refractivity contribution in [2.24, 2.45) is 0 Å². The molecular formula is C13H26N2S. The van der Waals surface area contributed by atoms with Crippen LogP contribution in [0.3, 0.4) is 0 Å². The van der Waals surface area contributed by atoms with Crippen molar-refractivity contribution < 1.29 is 0 Å². The van der Waals surface area contributed by atoms with Crippen LogP contribution >= 0.6 is 11.8 Å². The van der Waals surface area contributed by atoms with Gasteiger partial charge in [-0.1, -0.05) is 0 Å². The molecule has 2 fully saturated rings. The molecule has 1 unspecified atom stereocenters. The lowest BCUT2D eigenvalue weighted by Crippen LogP contribution is -2.39. The van der Waals surface area contributed by atoms with Gasteiger partial charge < -0.3 is 5.32 Å². The second-order valence-electron chi connectivity index (χ2n) is 5.22. The summed E-state index contributed by atoms with van der Waals surface area (Å²) in [7, 11) is 0. The van der Waals surface area contributed by atoms with Gasteiger partial charge in [-0.25, -0.2) is 0 Å². The molecule has 1 saturated carbocycles. The number of nitrogens with zero attached hydrogens (tertiary/aromatic N) is 1. The highest BCUT2D eigenvalue weighted by atomic mass is 32.2. The second kappa shape index (κ2) is 6.87. The van der Waals surface area contributed by atoms with Gasteiger partial charge in [0.05, 0.1) is 0 Å². The lowest BCUT2D eigenvalue weighted by atomic mass is 10.2. The number of rotatable bonds is 8. The monoisotopic (exact) mass is 242 g/mol. The number of hydrogen-bond donors (Lipinski definition) is 1. The van der Waals surface area contributed by atoms with Gasteiger partial charge in [0.15, 0.2) is 0 Å². The molecular weight excluding hydrogens is 216 g/mol. The summed E-state index contributed by atoms with van der Waals surface area (Å²) in [5.74, 6) is 1.33. The van der Waals surface area contributed by atoms with E-state index in [1.54, 1.807) is 0 Å². The van der Waals surface area contributed by atoms with E-state index in [0.29, 0.717) is 0 Å². The van der Waals surface area contributed by atoms with Gasteiger partial charge in [0.1, 0.15) is 0 Å². The molecule has 2 nitrogen and oxygen atoms in total. The normalized spacial score (nSPS) is 25.5. The largest absolute Gasteiger partial charge is 0.313 e. The average molecular weight is 242 g/mol. The van der Waals surface area contributed by atoms with Gasteiger partial charge >= 0.3 is 0 Å². The molecule has 1 heterocycles. The minimum absolute atomic E-state index is 0.793. The molecule has 1 aliphatic carbocycles. The van der Waals surface area contributed by atoms with Gasteiger partial charge in [-0.3, -0.25) is 4.90 Å². The fourth-order valence-corrected chi connectivity index (χ4v) is 3.11. The summed E-state index contributed by atoms with van der Waals surface area (Å²) < 4.78 is 0. The van der Waals surface area contributed by atoms with Crippen molar-refractivity contribution in [2.75, 3.05) is 31.6 Å². The Balaban J connectivity index is 1.63. The van der Waals surface area contributed by atoms with E-state index in [2.05, 4.69) is 16.5 Å². The van der Waals surface area contributed by atoms with Gasteiger partial charge in [0, 0.05) is 18.6 Å². The van der Waals surface area contributed by atoms with Crippen LogP contribution in [0.5, 0.6) is 0 Å². The Morgan fingerprint density at radius 2 is 2.12 bits per heavy atom. The maximum atomic E-state index is 3.63. The van der Waals surface area contributed by atoms with Gasteiger partial charge in [0.25, 0.3) is 0 Å². The van der Waals surface area contributed by atoms with E-state index >= 15 is 0 Å². The van der Waals surface area contributed by atoms with E-state index in [0.717, 1.165) is 12.1 Å². The molecule has 0 bridgehead atoms. The lowest BCUT2D eigenvalue weighted by molar-refractivity contribution is 0.236. The first-order chi connectivity index (χ1) is 7.90. The van der Waals surface area contributed by atoms with Gasteiger partial charge in [0.2, 0.25) is 0 Å². The molecule has 1 atom stereocenters. The van der Waals surface area contributed by atoms with Crippen LogP contribution in [0, 0.1) is 0 Å². The van der Waals surface area contributed by atoms with Gasteiger partial charge in [-0.15, -0.1) is 0 Å².